The predicted octanol–water partition coefficient (Wildman–Crippen LogP) is 17.8. The van der Waals surface area contributed by atoms with Crippen molar-refractivity contribution < 1.29 is 23.8 Å². The van der Waals surface area contributed by atoms with Crippen molar-refractivity contribution in [2.75, 3.05) is 99.3 Å². The first-order chi connectivity index (χ1) is 55.5. The predicted molar refractivity (Wildman–Crippen MR) is 468 cm³/mol. The van der Waals surface area contributed by atoms with Crippen LogP contribution in [0.25, 0.3) is 67.1 Å². The Morgan fingerprint density at radius 2 is 0.722 bits per heavy atom. The lowest BCUT2D eigenvalue weighted by Crippen LogP contribution is -2.45. The van der Waals surface area contributed by atoms with Crippen molar-refractivity contribution in [2.45, 2.75) is 111 Å². The highest BCUT2D eigenvalue weighted by Gasteiger charge is 2.32. The van der Waals surface area contributed by atoms with Gasteiger partial charge in [-0.05, 0) is 175 Å². The topological polar surface area (TPSA) is 251 Å². The molecule has 3 unspecified atom stereocenters. The third-order valence-corrected chi connectivity index (χ3v) is 23.9. The molecule has 0 spiro atoms. The van der Waals surface area contributed by atoms with Gasteiger partial charge in [0.25, 0.3) is 0 Å². The summed E-state index contributed by atoms with van der Waals surface area (Å²) in [7, 11) is 4.32. The highest BCUT2D eigenvalue weighted by molar-refractivity contribution is 6.38. The molecule has 4 aromatic carbocycles. The number of fused-ring (bicyclic) bond motifs is 4. The number of anilines is 4. The maximum absolute atomic E-state index is 12.3. The molecule has 4 aliphatic heterocycles. The van der Waals surface area contributed by atoms with Crippen molar-refractivity contribution in [1.29, 1.82) is 0 Å². The van der Waals surface area contributed by atoms with Crippen LogP contribution < -0.4 is 42.5 Å². The van der Waals surface area contributed by atoms with E-state index in [2.05, 4.69) is 104 Å². The molecule has 22 nitrogen and oxygen atoms in total. The molecule has 12 heterocycles. The van der Waals surface area contributed by atoms with Crippen molar-refractivity contribution in [2.24, 2.45) is 34.8 Å². The number of nitrogens with two attached hydrogens (primary N) is 4. The van der Waals surface area contributed by atoms with Crippen LogP contribution in [-0.4, -0.2) is 152 Å². The van der Waals surface area contributed by atoms with Crippen LogP contribution in [0, 0.1) is 11.8 Å². The van der Waals surface area contributed by atoms with E-state index in [-0.39, 0.29) is 36.0 Å². The molecule has 606 valence electrons. The molecule has 8 aromatic heterocycles. The number of rotatable bonds is 17. The van der Waals surface area contributed by atoms with Crippen LogP contribution in [0.1, 0.15) is 88.5 Å². The van der Waals surface area contributed by atoms with Gasteiger partial charge in [-0.3, -0.25) is 27.2 Å². The first-order valence-electron chi connectivity index (χ1n) is 38.7. The Labute approximate surface area is 709 Å². The smallest absolute Gasteiger partial charge is 0.310 e. The van der Waals surface area contributed by atoms with E-state index in [1.165, 1.54) is 0 Å². The molecule has 0 amide bonds. The second-order valence-electron chi connectivity index (χ2n) is 29.4. The quantitative estimate of drug-likeness (QED) is 0.0618. The number of esters is 2. The van der Waals surface area contributed by atoms with Crippen LogP contribution in [0.5, 0.6) is 0 Å². The number of nitrogens with zero attached hydrogens (tertiary/aromatic N) is 13. The van der Waals surface area contributed by atoms with Gasteiger partial charge in [0.15, 0.2) is 0 Å². The summed E-state index contributed by atoms with van der Waals surface area (Å²) in [6, 6.07) is 30.7. The van der Waals surface area contributed by atoms with Gasteiger partial charge in [-0.15, -0.1) is 0 Å². The molecule has 4 fully saturated rings. The van der Waals surface area contributed by atoms with E-state index < -0.39 is 0 Å². The number of hydrogen-bond acceptors (Lipinski definition) is 18. The Hall–Kier alpha value is -8.14. The number of piperidine rings is 3. The number of hydrogen-bond donors (Lipinski definition) is 4. The fourth-order valence-corrected chi connectivity index (χ4v) is 17.9. The lowest BCUT2D eigenvalue weighted by molar-refractivity contribution is -0.149. The number of pyridine rings is 4. The average Bonchev–Trinajstić information content (AvgIpc) is 1.69. The Balaban J connectivity index is 0.000000134. The average molecular weight is 1720 g/mol. The van der Waals surface area contributed by atoms with Gasteiger partial charge in [0.1, 0.15) is 45.9 Å². The molecule has 30 heteroatoms. The second-order valence-corrected chi connectivity index (χ2v) is 32.8. The molecule has 115 heavy (non-hydrogen) atoms. The SMILES string of the molecule is CC1CN(c2cnc3cc(CN)c(-c4ccc(Cl)cc4Cl)cn23)CC(C)O1.CCOC(=O)C1CCCN(c2cnc3cc(CN)c(-c4ccc(Cl)cc4Cl)cn23)C1.CCOC(=O)C1CCN(c2cnc3cc(CN)c(-c4ccc(Cl)cc4Cl)cn23)CC1.CN(C)C1CCN(c2cnc3cc(CN)c(-c4ccc(Cl)cc4Cl)cn23)CC1. The number of halogens is 8. The summed E-state index contributed by atoms with van der Waals surface area (Å²) in [4.78, 5) is 54.2. The standard InChI is InChI=1S/2C22H24Cl2N4O2.C21H25Cl2N5.C20H22Cl2N4O/c1-2-30-22(29)14-5-7-27(8-6-14)21-12-26-20-9-15(11-25)18(13-28(20)21)17-4-3-16(23)10-19(17)24;1-2-30-22(29)14-4-3-7-27(12-14)21-11-26-20-8-15(10-25)18(13-28(20)21)17-6-5-16(23)9-19(17)24;1-26(2)16-5-7-27(8-6-16)21-12-25-20-9-14(11-24)18(13-28(20)21)17-4-3-15(22)10-19(17)23;1-12-9-25(10-13(2)27-12)20-8-24-19-5-14(7-23)17(11-26(19)20)16-4-3-15(21)6-18(16)22/h3-4,9-10,12-14H,2,5-8,11,25H2,1H3;5-6,8-9,11,13-14H,2-4,7,10,12,25H2,1H3;3-4,9-10,12-13,16H,5-8,11,24H2,1-2H3;3-6,8,11-13H,7,9-10,23H2,1-2H3. The Morgan fingerprint density at radius 1 is 0.409 bits per heavy atom. The van der Waals surface area contributed by atoms with Crippen molar-refractivity contribution >= 4 is 151 Å². The normalized spacial score (nSPS) is 16.9. The van der Waals surface area contributed by atoms with Gasteiger partial charge < -0.3 is 61.6 Å². The fraction of sp³-hybridized carbons (Fsp3) is 0.365. The number of morpholine rings is 1. The zero-order valence-corrected chi connectivity index (χ0v) is 71.1. The molecule has 12 aromatic rings. The minimum atomic E-state index is -0.130. The monoisotopic (exact) mass is 1710 g/mol. The van der Waals surface area contributed by atoms with Crippen LogP contribution in [0.2, 0.25) is 40.2 Å². The van der Waals surface area contributed by atoms with E-state index in [4.69, 9.17) is 130 Å². The minimum Gasteiger partial charge on any atom is -0.466 e. The Bertz CT molecular complexity index is 5450. The van der Waals surface area contributed by atoms with Gasteiger partial charge in [-0.1, -0.05) is 117 Å². The third kappa shape index (κ3) is 19.2. The van der Waals surface area contributed by atoms with Crippen molar-refractivity contribution in [3.05, 3.63) is 209 Å². The van der Waals surface area contributed by atoms with Crippen LogP contribution >= 0.6 is 92.8 Å². The molecular formula is C85H95Cl8N17O5. The van der Waals surface area contributed by atoms with Gasteiger partial charge in [0.2, 0.25) is 0 Å². The Kier molecular flexibility index (Phi) is 28.1. The van der Waals surface area contributed by atoms with Crippen LogP contribution in [-0.2, 0) is 50.0 Å². The number of carbonyl (C=O) groups is 2. The summed E-state index contributed by atoms with van der Waals surface area (Å²) in [5.41, 5.74) is 38.9. The maximum atomic E-state index is 12.3. The summed E-state index contributed by atoms with van der Waals surface area (Å²) >= 11 is 50.2. The lowest BCUT2D eigenvalue weighted by Gasteiger charge is -2.36. The van der Waals surface area contributed by atoms with E-state index in [9.17, 15) is 9.59 Å². The van der Waals surface area contributed by atoms with E-state index in [1.807, 2.05) is 122 Å². The molecule has 4 saturated heterocycles. The largest absolute Gasteiger partial charge is 0.466 e. The van der Waals surface area contributed by atoms with Gasteiger partial charge in [-0.25, -0.2) is 19.9 Å². The molecule has 4 aliphatic rings. The molecule has 0 aliphatic carbocycles. The fourth-order valence-electron chi connectivity index (χ4n) is 15.8. The third-order valence-electron chi connectivity index (χ3n) is 21.7. The first-order valence-corrected chi connectivity index (χ1v) is 41.8. The molecule has 0 saturated carbocycles. The number of aromatic nitrogens is 8. The van der Waals surface area contributed by atoms with E-state index in [0.717, 1.165) is 197 Å². The number of carbonyl (C=O) groups excluding carboxylic acids is 2. The van der Waals surface area contributed by atoms with Crippen molar-refractivity contribution in [3.8, 4) is 44.5 Å². The number of benzene rings is 4. The van der Waals surface area contributed by atoms with Gasteiger partial charge in [-0.2, -0.15) is 0 Å². The second kappa shape index (κ2) is 38.1. The minimum absolute atomic E-state index is 0.0346. The maximum Gasteiger partial charge on any atom is 0.310 e. The summed E-state index contributed by atoms with van der Waals surface area (Å²) in [5, 5.41) is 4.77. The van der Waals surface area contributed by atoms with E-state index in [1.54, 1.807) is 24.3 Å². The zero-order chi connectivity index (χ0) is 81.5. The highest BCUT2D eigenvalue weighted by Crippen LogP contribution is 2.41. The molecule has 0 radical (unpaired) electrons. The molecule has 0 bridgehead atoms. The summed E-state index contributed by atoms with van der Waals surface area (Å²) in [5.74, 6) is 3.70. The van der Waals surface area contributed by atoms with E-state index in [0.29, 0.717) is 92.2 Å². The zero-order valence-electron chi connectivity index (χ0n) is 65.1. The van der Waals surface area contributed by atoms with Crippen molar-refractivity contribution in [1.82, 2.24) is 42.4 Å². The molecule has 16 rings (SSSR count). The van der Waals surface area contributed by atoms with Crippen LogP contribution in [0.4, 0.5) is 23.3 Å². The van der Waals surface area contributed by atoms with Crippen LogP contribution in [0.15, 0.2) is 147 Å². The van der Waals surface area contributed by atoms with Gasteiger partial charge >= 0.3 is 11.9 Å². The summed E-state index contributed by atoms with van der Waals surface area (Å²) < 4.78 is 24.6. The van der Waals surface area contributed by atoms with Crippen molar-refractivity contribution in [3.63, 3.8) is 0 Å². The van der Waals surface area contributed by atoms with Gasteiger partial charge in [0, 0.05) is 194 Å². The van der Waals surface area contributed by atoms with E-state index >= 15 is 0 Å². The molecule has 3 atom stereocenters. The molecule has 8 N–H and O–H groups in total. The first kappa shape index (κ1) is 84.8. The number of ether oxygens (including phenoxy) is 3. The summed E-state index contributed by atoms with van der Waals surface area (Å²) in [6.07, 6.45) is 21.8. The molecular weight excluding hydrogens is 1620 g/mol. The van der Waals surface area contributed by atoms with Crippen LogP contribution in [0.3, 0.4) is 0 Å². The number of imidazole rings is 4. The lowest BCUT2D eigenvalue weighted by atomic mass is 9.97. The van der Waals surface area contributed by atoms with Gasteiger partial charge in [0.05, 0.1) is 62.0 Å². The summed E-state index contributed by atoms with van der Waals surface area (Å²) in [6.45, 7) is 17.0. The Morgan fingerprint density at radius 3 is 1.03 bits per heavy atom. The highest BCUT2D eigenvalue weighted by atomic mass is 35.5.